The van der Waals surface area contributed by atoms with Crippen LogP contribution in [0.1, 0.15) is 76.9 Å². The Morgan fingerprint density at radius 2 is 1.84 bits per heavy atom. The summed E-state index contributed by atoms with van der Waals surface area (Å²) < 4.78 is 13.0. The Labute approximate surface area is 218 Å². The molecular weight excluding hydrogens is 478 g/mol. The van der Waals surface area contributed by atoms with E-state index in [-0.39, 0.29) is 25.7 Å². The molecule has 12 heteroatoms. The minimum atomic E-state index is -1.11. The predicted octanol–water partition coefficient (Wildman–Crippen LogP) is 2.05. The molecule has 2 aromatic heterocycles. The molecule has 0 aromatic carbocycles. The number of hydrogen-bond donors (Lipinski definition) is 3. The van der Waals surface area contributed by atoms with Gasteiger partial charge in [-0.1, -0.05) is 45.1 Å². The standard InChI is InChI=1S/C25H41N7O5/c1-5-6-7-8-9-10-14-36-17-19(28-23(34)25(2,3)27)22-30-29-21-13-11-12-18(32(21)22)16-37-24(35)31(4)15-20(26)33/h11-13,19H,5-10,14-17,27H2,1-4H3,(H2,26,33)(H,28,34)/t19-/m1/s1. The molecule has 0 spiro atoms. The maximum Gasteiger partial charge on any atom is 0.410 e. The van der Waals surface area contributed by atoms with Crippen molar-refractivity contribution in [2.45, 2.75) is 77.5 Å². The van der Waals surface area contributed by atoms with Crippen LogP contribution in [0.5, 0.6) is 0 Å². The Bertz CT molecular complexity index is 1030. The monoisotopic (exact) mass is 519 g/mol. The molecule has 0 fully saturated rings. The molecule has 2 aromatic rings. The summed E-state index contributed by atoms with van der Waals surface area (Å²) in [5.41, 5.74) is 11.1. The first-order valence-corrected chi connectivity index (χ1v) is 12.7. The second kappa shape index (κ2) is 14.5. The smallest absolute Gasteiger partial charge is 0.410 e. The molecule has 0 aliphatic carbocycles. The number of nitrogens with one attached hydrogen (secondary N) is 1. The number of rotatable bonds is 16. The largest absolute Gasteiger partial charge is 0.443 e. The molecule has 12 nitrogen and oxygen atoms in total. The zero-order chi connectivity index (χ0) is 27.4. The predicted molar refractivity (Wildman–Crippen MR) is 138 cm³/mol. The molecule has 0 aliphatic heterocycles. The average molecular weight is 520 g/mol. The van der Waals surface area contributed by atoms with E-state index in [1.165, 1.54) is 32.7 Å². The van der Waals surface area contributed by atoms with Crippen molar-refractivity contribution >= 4 is 23.6 Å². The maximum absolute atomic E-state index is 12.7. The van der Waals surface area contributed by atoms with E-state index in [2.05, 4.69) is 22.4 Å². The van der Waals surface area contributed by atoms with Gasteiger partial charge >= 0.3 is 6.09 Å². The quantitative estimate of drug-likeness (QED) is 0.283. The van der Waals surface area contributed by atoms with Gasteiger partial charge in [-0.2, -0.15) is 0 Å². The van der Waals surface area contributed by atoms with Crippen molar-refractivity contribution in [2.75, 3.05) is 26.8 Å². The van der Waals surface area contributed by atoms with Crippen LogP contribution in [0.3, 0.4) is 0 Å². The number of carbonyl (C=O) groups is 3. The number of aromatic nitrogens is 3. The van der Waals surface area contributed by atoms with Crippen molar-refractivity contribution in [3.63, 3.8) is 0 Å². The van der Waals surface area contributed by atoms with Gasteiger partial charge in [0.2, 0.25) is 11.8 Å². The fraction of sp³-hybridized carbons (Fsp3) is 0.640. The van der Waals surface area contributed by atoms with Crippen molar-refractivity contribution in [3.05, 3.63) is 29.7 Å². The van der Waals surface area contributed by atoms with E-state index in [1.807, 2.05) is 0 Å². The molecule has 3 amide bonds. The lowest BCUT2D eigenvalue weighted by Gasteiger charge is -2.24. The number of hydrogen-bond acceptors (Lipinski definition) is 8. The summed E-state index contributed by atoms with van der Waals surface area (Å²) >= 11 is 0. The number of unbranched alkanes of at least 4 members (excludes halogenated alkanes) is 5. The van der Waals surface area contributed by atoms with Gasteiger partial charge in [-0.25, -0.2) is 4.79 Å². The Balaban J connectivity index is 2.18. The van der Waals surface area contributed by atoms with E-state index < -0.39 is 23.6 Å². The molecule has 0 bridgehead atoms. The average Bonchev–Trinajstić information content (AvgIpc) is 3.27. The molecule has 1 atom stereocenters. The lowest BCUT2D eigenvalue weighted by atomic mass is 10.1. The fourth-order valence-electron chi connectivity index (χ4n) is 3.62. The van der Waals surface area contributed by atoms with E-state index in [0.717, 1.165) is 17.7 Å². The summed E-state index contributed by atoms with van der Waals surface area (Å²) in [6.45, 7) is 5.76. The number of fused-ring (bicyclic) bond motifs is 1. The lowest BCUT2D eigenvalue weighted by molar-refractivity contribution is -0.126. The third-order valence-corrected chi connectivity index (χ3v) is 5.71. The highest BCUT2D eigenvalue weighted by atomic mass is 16.6. The van der Waals surface area contributed by atoms with Crippen LogP contribution >= 0.6 is 0 Å². The van der Waals surface area contributed by atoms with E-state index in [9.17, 15) is 14.4 Å². The Kier molecular flexibility index (Phi) is 11.7. The first kappa shape index (κ1) is 30.0. The molecule has 37 heavy (non-hydrogen) atoms. The molecule has 0 saturated heterocycles. The van der Waals surface area contributed by atoms with E-state index in [1.54, 1.807) is 36.4 Å². The van der Waals surface area contributed by atoms with Crippen LogP contribution in [-0.2, 0) is 25.7 Å². The SMILES string of the molecule is CCCCCCCCOC[C@@H](NC(=O)C(C)(C)N)c1nnc2cccc(COC(=O)N(C)CC(N)=O)n12. The summed E-state index contributed by atoms with van der Waals surface area (Å²) in [6.07, 6.45) is 6.13. The Hall–Kier alpha value is -3.25. The van der Waals surface area contributed by atoms with Crippen LogP contribution in [0.4, 0.5) is 4.79 Å². The van der Waals surface area contributed by atoms with E-state index in [0.29, 0.717) is 23.8 Å². The first-order valence-electron chi connectivity index (χ1n) is 12.7. The van der Waals surface area contributed by atoms with Gasteiger partial charge in [0.15, 0.2) is 11.5 Å². The minimum Gasteiger partial charge on any atom is -0.443 e. The third kappa shape index (κ3) is 9.62. The second-order valence-electron chi connectivity index (χ2n) is 9.74. The van der Waals surface area contributed by atoms with Crippen molar-refractivity contribution in [3.8, 4) is 0 Å². The van der Waals surface area contributed by atoms with E-state index >= 15 is 0 Å². The second-order valence-corrected chi connectivity index (χ2v) is 9.74. The van der Waals surface area contributed by atoms with Crippen LogP contribution < -0.4 is 16.8 Å². The zero-order valence-electron chi connectivity index (χ0n) is 22.4. The van der Waals surface area contributed by atoms with Gasteiger partial charge in [0.05, 0.1) is 17.8 Å². The van der Waals surface area contributed by atoms with Gasteiger partial charge in [-0.3, -0.25) is 14.0 Å². The third-order valence-electron chi connectivity index (χ3n) is 5.71. The van der Waals surface area contributed by atoms with E-state index in [4.69, 9.17) is 20.9 Å². The Morgan fingerprint density at radius 3 is 2.51 bits per heavy atom. The molecule has 206 valence electrons. The summed E-state index contributed by atoms with van der Waals surface area (Å²) in [5, 5.41) is 11.4. The summed E-state index contributed by atoms with van der Waals surface area (Å²) in [5.74, 6) is -0.591. The van der Waals surface area contributed by atoms with Crippen molar-refractivity contribution in [1.29, 1.82) is 0 Å². The number of primary amides is 1. The molecule has 0 aliphatic rings. The van der Waals surface area contributed by atoms with Gasteiger partial charge in [0.25, 0.3) is 0 Å². The van der Waals surface area contributed by atoms with Crippen molar-refractivity contribution < 1.29 is 23.9 Å². The molecule has 5 N–H and O–H groups in total. The lowest BCUT2D eigenvalue weighted by Crippen LogP contribution is -2.51. The van der Waals surface area contributed by atoms with Gasteiger partial charge in [-0.05, 0) is 32.4 Å². The molecule has 2 heterocycles. The van der Waals surface area contributed by atoms with Gasteiger partial charge in [0, 0.05) is 13.7 Å². The summed E-state index contributed by atoms with van der Waals surface area (Å²) in [7, 11) is 1.42. The molecule has 0 unspecified atom stereocenters. The van der Waals surface area contributed by atoms with Crippen molar-refractivity contribution in [1.82, 2.24) is 24.8 Å². The van der Waals surface area contributed by atoms with Crippen LogP contribution in [0.25, 0.3) is 5.65 Å². The molecular formula is C25H41N7O5. The Morgan fingerprint density at radius 1 is 1.14 bits per heavy atom. The maximum atomic E-state index is 12.7. The number of likely N-dealkylation sites (N-methyl/N-ethyl adjacent to an activating group) is 1. The number of carbonyl (C=O) groups excluding carboxylic acids is 3. The normalized spacial score (nSPS) is 12.4. The number of amides is 3. The highest BCUT2D eigenvalue weighted by molar-refractivity contribution is 5.85. The van der Waals surface area contributed by atoms with Crippen LogP contribution in [0, 0.1) is 0 Å². The van der Waals surface area contributed by atoms with Gasteiger partial charge in [0.1, 0.15) is 19.2 Å². The first-order chi connectivity index (χ1) is 17.5. The topological polar surface area (TPSA) is 167 Å². The van der Waals surface area contributed by atoms with Gasteiger partial charge < -0.3 is 31.2 Å². The fourth-order valence-corrected chi connectivity index (χ4v) is 3.62. The number of nitrogens with zero attached hydrogens (tertiary/aromatic N) is 4. The van der Waals surface area contributed by atoms with Crippen molar-refractivity contribution in [2.24, 2.45) is 11.5 Å². The number of nitrogens with two attached hydrogens (primary N) is 2. The highest BCUT2D eigenvalue weighted by Crippen LogP contribution is 2.18. The number of pyridine rings is 1. The summed E-state index contributed by atoms with van der Waals surface area (Å²) in [4.78, 5) is 37.2. The van der Waals surface area contributed by atoms with Crippen LogP contribution in [-0.4, -0.2) is 69.8 Å². The van der Waals surface area contributed by atoms with Gasteiger partial charge in [-0.15, -0.1) is 10.2 Å². The molecule has 0 radical (unpaired) electrons. The minimum absolute atomic E-state index is 0.119. The molecule has 0 saturated carbocycles. The zero-order valence-corrected chi connectivity index (χ0v) is 22.4. The highest BCUT2D eigenvalue weighted by Gasteiger charge is 2.28. The summed E-state index contributed by atoms with van der Waals surface area (Å²) in [6, 6.07) is 4.63. The molecule has 2 rings (SSSR count). The van der Waals surface area contributed by atoms with Crippen LogP contribution in [0.2, 0.25) is 0 Å². The van der Waals surface area contributed by atoms with Crippen LogP contribution in [0.15, 0.2) is 18.2 Å². The number of ether oxygens (including phenoxy) is 2.